The van der Waals surface area contributed by atoms with E-state index >= 15 is 0 Å². The van der Waals surface area contributed by atoms with Gasteiger partial charge in [0.15, 0.2) is 0 Å². The fraction of sp³-hybridized carbons (Fsp3) is 1.00. The summed E-state index contributed by atoms with van der Waals surface area (Å²) < 4.78 is 36.7. The lowest BCUT2D eigenvalue weighted by Crippen LogP contribution is -2.44. The van der Waals surface area contributed by atoms with E-state index in [2.05, 4.69) is 20.8 Å². The van der Waals surface area contributed by atoms with Crippen molar-refractivity contribution in [2.24, 2.45) is 11.3 Å². The first kappa shape index (κ1) is 12.8. The van der Waals surface area contributed by atoms with Crippen LogP contribution in [0.3, 0.4) is 0 Å². The number of alkyl halides is 3. The second kappa shape index (κ2) is 4.32. The summed E-state index contributed by atoms with van der Waals surface area (Å²) in [6.07, 6.45) is -2.12. The molecule has 15 heavy (non-hydrogen) atoms. The molecule has 1 fully saturated rings. The largest absolute Gasteiger partial charge is 0.401 e. The Morgan fingerprint density at radius 3 is 2.27 bits per heavy atom. The minimum atomic E-state index is -4.06. The molecule has 1 aliphatic rings. The van der Waals surface area contributed by atoms with Gasteiger partial charge in [-0.15, -0.1) is 0 Å². The Bertz CT molecular complexity index is 205. The summed E-state index contributed by atoms with van der Waals surface area (Å²) in [5, 5.41) is 0. The smallest absolute Gasteiger partial charge is 0.295 e. The maximum atomic E-state index is 12.2. The van der Waals surface area contributed by atoms with Crippen molar-refractivity contribution in [3.8, 4) is 0 Å². The molecule has 0 saturated carbocycles. The second-order valence-electron chi connectivity index (χ2n) is 5.56. The fourth-order valence-electron chi connectivity index (χ4n) is 2.16. The molecule has 4 heteroatoms. The summed E-state index contributed by atoms with van der Waals surface area (Å²) in [6.45, 7) is 6.74. The average molecular weight is 223 g/mol. The standard InChI is InChI=1S/C11H20F3N/c1-10(2,3)9-5-4-6-15(7-9)8-11(12,13)14/h9H,4-8H2,1-3H3/t9-/m0/s1. The third kappa shape index (κ3) is 4.41. The molecule has 0 aromatic carbocycles. The van der Waals surface area contributed by atoms with E-state index in [4.69, 9.17) is 0 Å². The van der Waals surface area contributed by atoms with Crippen LogP contribution in [0.1, 0.15) is 33.6 Å². The topological polar surface area (TPSA) is 3.24 Å². The van der Waals surface area contributed by atoms with Gasteiger partial charge in [0.2, 0.25) is 0 Å². The van der Waals surface area contributed by atoms with Crippen LogP contribution in [0, 0.1) is 11.3 Å². The first-order chi connectivity index (χ1) is 6.68. The quantitative estimate of drug-likeness (QED) is 0.659. The molecular weight excluding hydrogens is 203 g/mol. The van der Waals surface area contributed by atoms with Crippen molar-refractivity contribution in [2.45, 2.75) is 39.8 Å². The van der Waals surface area contributed by atoms with Crippen molar-refractivity contribution in [3.05, 3.63) is 0 Å². The first-order valence-corrected chi connectivity index (χ1v) is 5.47. The van der Waals surface area contributed by atoms with Crippen molar-refractivity contribution in [2.75, 3.05) is 19.6 Å². The number of piperidine rings is 1. The number of likely N-dealkylation sites (tertiary alicyclic amines) is 1. The summed E-state index contributed by atoms with van der Waals surface area (Å²) in [5.41, 5.74) is 0.115. The molecule has 0 aromatic heterocycles. The van der Waals surface area contributed by atoms with Crippen LogP contribution < -0.4 is 0 Å². The predicted octanol–water partition coefficient (Wildman–Crippen LogP) is 3.31. The highest BCUT2D eigenvalue weighted by Gasteiger charge is 2.35. The number of hydrogen-bond donors (Lipinski definition) is 0. The van der Waals surface area contributed by atoms with Gasteiger partial charge in [0.25, 0.3) is 0 Å². The summed E-state index contributed by atoms with van der Waals surface area (Å²) in [5.74, 6) is 0.383. The minimum absolute atomic E-state index is 0.115. The van der Waals surface area contributed by atoms with Crippen molar-refractivity contribution < 1.29 is 13.2 Å². The molecular formula is C11H20F3N. The van der Waals surface area contributed by atoms with Gasteiger partial charge in [0.05, 0.1) is 6.54 Å². The first-order valence-electron chi connectivity index (χ1n) is 5.47. The van der Waals surface area contributed by atoms with Gasteiger partial charge < -0.3 is 0 Å². The fourth-order valence-corrected chi connectivity index (χ4v) is 2.16. The zero-order valence-corrected chi connectivity index (χ0v) is 9.69. The van der Waals surface area contributed by atoms with E-state index in [0.29, 0.717) is 19.0 Å². The third-order valence-corrected chi connectivity index (χ3v) is 3.13. The van der Waals surface area contributed by atoms with Crippen molar-refractivity contribution in [1.29, 1.82) is 0 Å². The number of hydrogen-bond acceptors (Lipinski definition) is 1. The van der Waals surface area contributed by atoms with Crippen molar-refractivity contribution in [3.63, 3.8) is 0 Å². The minimum Gasteiger partial charge on any atom is -0.295 e. The molecule has 0 radical (unpaired) electrons. The van der Waals surface area contributed by atoms with E-state index in [1.807, 2.05) is 0 Å². The van der Waals surface area contributed by atoms with E-state index in [9.17, 15) is 13.2 Å². The maximum absolute atomic E-state index is 12.2. The van der Waals surface area contributed by atoms with Gasteiger partial charge in [0.1, 0.15) is 0 Å². The van der Waals surface area contributed by atoms with Crippen molar-refractivity contribution >= 4 is 0 Å². The summed E-state index contributed by atoms with van der Waals surface area (Å²) in [4.78, 5) is 1.54. The molecule has 1 heterocycles. The molecule has 0 bridgehead atoms. The lowest BCUT2D eigenvalue weighted by molar-refractivity contribution is -0.151. The van der Waals surface area contributed by atoms with Crippen LogP contribution in [0.5, 0.6) is 0 Å². The molecule has 0 amide bonds. The lowest BCUT2D eigenvalue weighted by Gasteiger charge is -2.39. The van der Waals surface area contributed by atoms with Crippen molar-refractivity contribution in [1.82, 2.24) is 4.90 Å². The van der Waals surface area contributed by atoms with Gasteiger partial charge in [-0.3, -0.25) is 4.90 Å². The Hall–Kier alpha value is -0.250. The summed E-state index contributed by atoms with van der Waals surface area (Å²) in [7, 11) is 0. The third-order valence-electron chi connectivity index (χ3n) is 3.13. The Morgan fingerprint density at radius 2 is 1.80 bits per heavy atom. The van der Waals surface area contributed by atoms with Gasteiger partial charge in [-0.1, -0.05) is 20.8 Å². The van der Waals surface area contributed by atoms with E-state index < -0.39 is 12.7 Å². The molecule has 0 aromatic rings. The normalized spacial score (nSPS) is 25.6. The van der Waals surface area contributed by atoms with Crippen LogP contribution in [0.15, 0.2) is 0 Å². The Labute approximate surface area is 89.6 Å². The molecule has 1 aliphatic heterocycles. The van der Waals surface area contributed by atoms with Crippen LogP contribution in [0.4, 0.5) is 13.2 Å². The van der Waals surface area contributed by atoms with Gasteiger partial charge in [0, 0.05) is 6.54 Å². The molecule has 1 atom stereocenters. The van der Waals surface area contributed by atoms with E-state index in [-0.39, 0.29) is 5.41 Å². The molecule has 90 valence electrons. The van der Waals surface area contributed by atoms with Gasteiger partial charge in [-0.2, -0.15) is 13.2 Å². The zero-order valence-electron chi connectivity index (χ0n) is 9.69. The summed E-state index contributed by atoms with van der Waals surface area (Å²) in [6, 6.07) is 0. The lowest BCUT2D eigenvalue weighted by atomic mass is 9.76. The molecule has 1 nitrogen and oxygen atoms in total. The average Bonchev–Trinajstić information content (AvgIpc) is 1.99. The monoisotopic (exact) mass is 223 g/mol. The van der Waals surface area contributed by atoms with Crippen LogP contribution >= 0.6 is 0 Å². The van der Waals surface area contributed by atoms with Gasteiger partial charge in [-0.05, 0) is 30.7 Å². The Morgan fingerprint density at radius 1 is 1.20 bits per heavy atom. The second-order valence-corrected chi connectivity index (χ2v) is 5.56. The van der Waals surface area contributed by atoms with E-state index in [1.54, 1.807) is 4.90 Å². The molecule has 0 unspecified atom stereocenters. The Kier molecular flexibility index (Phi) is 3.69. The molecule has 0 aliphatic carbocycles. The Balaban J connectivity index is 2.50. The van der Waals surface area contributed by atoms with Gasteiger partial charge >= 0.3 is 6.18 Å². The number of halogens is 3. The molecule has 0 N–H and O–H groups in total. The molecule has 1 saturated heterocycles. The highest BCUT2D eigenvalue weighted by molar-refractivity contribution is 4.82. The van der Waals surface area contributed by atoms with Crippen LogP contribution in [-0.2, 0) is 0 Å². The summed E-state index contributed by atoms with van der Waals surface area (Å²) >= 11 is 0. The highest BCUT2D eigenvalue weighted by atomic mass is 19.4. The van der Waals surface area contributed by atoms with Crippen LogP contribution in [0.2, 0.25) is 0 Å². The van der Waals surface area contributed by atoms with E-state index in [1.165, 1.54) is 0 Å². The number of rotatable bonds is 1. The van der Waals surface area contributed by atoms with Crippen LogP contribution in [0.25, 0.3) is 0 Å². The predicted molar refractivity (Wildman–Crippen MR) is 54.7 cm³/mol. The van der Waals surface area contributed by atoms with Crippen LogP contribution in [-0.4, -0.2) is 30.7 Å². The maximum Gasteiger partial charge on any atom is 0.401 e. The number of nitrogens with zero attached hydrogens (tertiary/aromatic N) is 1. The van der Waals surface area contributed by atoms with E-state index in [0.717, 1.165) is 12.8 Å². The van der Waals surface area contributed by atoms with Gasteiger partial charge in [-0.25, -0.2) is 0 Å². The zero-order chi connectivity index (χ0) is 11.7. The highest BCUT2D eigenvalue weighted by Crippen LogP contribution is 2.34. The molecule has 1 rings (SSSR count). The molecule has 0 spiro atoms. The SMILES string of the molecule is CC(C)(C)[C@H]1CCCN(CC(F)(F)F)C1.